The Morgan fingerprint density at radius 1 is 1.36 bits per heavy atom. The molecule has 1 N–H and O–H groups in total. The molecule has 1 saturated heterocycles. The smallest absolute Gasteiger partial charge is 0.222 e. The van der Waals surface area contributed by atoms with Crippen LogP contribution in [-0.2, 0) is 14.3 Å². The van der Waals surface area contributed by atoms with Gasteiger partial charge in [-0.25, -0.2) is 0 Å². The molecule has 0 bridgehead atoms. The zero-order valence-corrected chi connectivity index (χ0v) is 14.6. The fourth-order valence-electron chi connectivity index (χ4n) is 2.45. The summed E-state index contributed by atoms with van der Waals surface area (Å²) >= 11 is 0. The van der Waals surface area contributed by atoms with Crippen molar-refractivity contribution in [1.29, 1.82) is 0 Å². The van der Waals surface area contributed by atoms with E-state index in [1.807, 2.05) is 13.8 Å². The standard InChI is InChI=1S/C17H34N2O3.H2/c1-4-5-6-7-10-21-11-8-19-9-12-22-16(14-19)13-18-17(20)15(2)3;/h15-16H,4-14H2,1-3H3,(H,18,20);1H/t16-;/m0./s1. The van der Waals surface area contributed by atoms with Crippen molar-refractivity contribution in [2.45, 2.75) is 52.6 Å². The Kier molecular flexibility index (Phi) is 10.5. The molecule has 1 heterocycles. The van der Waals surface area contributed by atoms with Crippen molar-refractivity contribution >= 4 is 5.91 Å². The van der Waals surface area contributed by atoms with Gasteiger partial charge < -0.3 is 14.8 Å². The fraction of sp³-hybridized carbons (Fsp3) is 0.941. The molecule has 1 aliphatic heterocycles. The van der Waals surface area contributed by atoms with E-state index in [1.54, 1.807) is 0 Å². The van der Waals surface area contributed by atoms with Crippen LogP contribution in [0.4, 0.5) is 0 Å². The van der Waals surface area contributed by atoms with Gasteiger partial charge in [0.2, 0.25) is 5.91 Å². The van der Waals surface area contributed by atoms with Crippen LogP contribution in [0.25, 0.3) is 0 Å². The second-order valence-corrected chi connectivity index (χ2v) is 6.37. The summed E-state index contributed by atoms with van der Waals surface area (Å²) in [7, 11) is 0. The highest BCUT2D eigenvalue weighted by molar-refractivity contribution is 5.77. The SMILES string of the molecule is CCCCCCOCCN1CCO[C@@H](CNC(=O)C(C)C)C1.[HH]. The summed E-state index contributed by atoms with van der Waals surface area (Å²) in [5.74, 6) is 0.122. The van der Waals surface area contributed by atoms with Crippen LogP contribution in [-0.4, -0.2) is 62.9 Å². The van der Waals surface area contributed by atoms with E-state index in [-0.39, 0.29) is 19.4 Å². The Bertz CT molecular complexity index is 304. The number of amides is 1. The molecule has 0 spiro atoms. The van der Waals surface area contributed by atoms with E-state index in [4.69, 9.17) is 9.47 Å². The van der Waals surface area contributed by atoms with Crippen molar-refractivity contribution in [3.63, 3.8) is 0 Å². The van der Waals surface area contributed by atoms with E-state index in [1.165, 1.54) is 25.7 Å². The van der Waals surface area contributed by atoms with Gasteiger partial charge in [-0.1, -0.05) is 40.0 Å². The van der Waals surface area contributed by atoms with Crippen LogP contribution in [0.1, 0.15) is 47.9 Å². The molecule has 1 aliphatic rings. The summed E-state index contributed by atoms with van der Waals surface area (Å²) in [6.45, 7) is 11.8. The lowest BCUT2D eigenvalue weighted by atomic mass is 10.2. The average molecular weight is 316 g/mol. The van der Waals surface area contributed by atoms with Crippen molar-refractivity contribution in [2.75, 3.05) is 46.0 Å². The minimum absolute atomic E-state index is 0. The molecule has 0 saturated carbocycles. The highest BCUT2D eigenvalue weighted by Gasteiger charge is 2.21. The molecule has 132 valence electrons. The quantitative estimate of drug-likeness (QED) is 0.594. The molecule has 0 aliphatic carbocycles. The Morgan fingerprint density at radius 2 is 2.18 bits per heavy atom. The summed E-state index contributed by atoms with van der Waals surface area (Å²) in [4.78, 5) is 13.9. The van der Waals surface area contributed by atoms with Gasteiger partial charge in [0.15, 0.2) is 0 Å². The van der Waals surface area contributed by atoms with Gasteiger partial charge in [0.1, 0.15) is 0 Å². The van der Waals surface area contributed by atoms with Gasteiger partial charge in [-0.3, -0.25) is 9.69 Å². The van der Waals surface area contributed by atoms with Gasteiger partial charge in [0, 0.05) is 40.1 Å². The number of hydrogen-bond donors (Lipinski definition) is 1. The number of nitrogens with zero attached hydrogens (tertiary/aromatic N) is 1. The molecule has 0 unspecified atom stereocenters. The van der Waals surface area contributed by atoms with Crippen molar-refractivity contribution in [3.05, 3.63) is 0 Å². The molecule has 5 heteroatoms. The molecule has 0 aromatic carbocycles. The number of carbonyl (C=O) groups excluding carboxylic acids is 1. The minimum atomic E-state index is 0. The van der Waals surface area contributed by atoms with E-state index in [2.05, 4.69) is 17.1 Å². The van der Waals surface area contributed by atoms with Crippen LogP contribution in [0.2, 0.25) is 0 Å². The topological polar surface area (TPSA) is 50.8 Å². The number of rotatable bonds is 11. The summed E-state index contributed by atoms with van der Waals surface area (Å²) in [6.07, 6.45) is 5.10. The van der Waals surface area contributed by atoms with Gasteiger partial charge in [-0.15, -0.1) is 0 Å². The lowest BCUT2D eigenvalue weighted by molar-refractivity contribution is -0.125. The van der Waals surface area contributed by atoms with Crippen LogP contribution in [0.15, 0.2) is 0 Å². The first-order chi connectivity index (χ1) is 10.6. The summed E-state index contributed by atoms with van der Waals surface area (Å²) in [6, 6.07) is 0. The van der Waals surface area contributed by atoms with Crippen molar-refractivity contribution in [3.8, 4) is 0 Å². The van der Waals surface area contributed by atoms with E-state index in [0.29, 0.717) is 6.54 Å². The number of hydrogen-bond acceptors (Lipinski definition) is 4. The third-order valence-corrected chi connectivity index (χ3v) is 3.95. The molecule has 22 heavy (non-hydrogen) atoms. The first-order valence-corrected chi connectivity index (χ1v) is 8.83. The van der Waals surface area contributed by atoms with Crippen molar-refractivity contribution < 1.29 is 15.7 Å². The normalized spacial score (nSPS) is 19.5. The molecule has 1 rings (SSSR count). The number of ether oxygens (including phenoxy) is 2. The molecule has 0 radical (unpaired) electrons. The second-order valence-electron chi connectivity index (χ2n) is 6.37. The third kappa shape index (κ3) is 8.71. The van der Waals surface area contributed by atoms with Crippen LogP contribution in [0.5, 0.6) is 0 Å². The lowest BCUT2D eigenvalue weighted by Crippen LogP contribution is -2.48. The molecular formula is C17H36N2O3. The summed E-state index contributed by atoms with van der Waals surface area (Å²) in [5.41, 5.74) is 0. The molecule has 1 fully saturated rings. The predicted octanol–water partition coefficient (Wildman–Crippen LogP) is 2.30. The van der Waals surface area contributed by atoms with Gasteiger partial charge in [0.05, 0.1) is 19.3 Å². The van der Waals surface area contributed by atoms with Crippen molar-refractivity contribution in [1.82, 2.24) is 10.2 Å². The average Bonchev–Trinajstić information content (AvgIpc) is 2.52. The van der Waals surface area contributed by atoms with Gasteiger partial charge in [-0.2, -0.15) is 0 Å². The number of morpholine rings is 1. The third-order valence-electron chi connectivity index (χ3n) is 3.95. The van der Waals surface area contributed by atoms with E-state index in [9.17, 15) is 4.79 Å². The van der Waals surface area contributed by atoms with E-state index < -0.39 is 0 Å². The first kappa shape index (κ1) is 19.4. The van der Waals surface area contributed by atoms with Crippen LogP contribution in [0.3, 0.4) is 0 Å². The lowest BCUT2D eigenvalue weighted by Gasteiger charge is -2.33. The number of carbonyl (C=O) groups is 1. The zero-order chi connectivity index (χ0) is 16.2. The molecular weight excluding hydrogens is 280 g/mol. The zero-order valence-electron chi connectivity index (χ0n) is 14.6. The molecule has 0 aromatic heterocycles. The van der Waals surface area contributed by atoms with Gasteiger partial charge in [0.25, 0.3) is 0 Å². The van der Waals surface area contributed by atoms with Gasteiger partial charge in [-0.05, 0) is 6.42 Å². The summed E-state index contributed by atoms with van der Waals surface area (Å²) < 4.78 is 11.4. The largest absolute Gasteiger partial charge is 0.380 e. The maximum Gasteiger partial charge on any atom is 0.222 e. The van der Waals surface area contributed by atoms with Crippen LogP contribution < -0.4 is 5.32 Å². The molecule has 1 atom stereocenters. The highest BCUT2D eigenvalue weighted by Crippen LogP contribution is 2.05. The monoisotopic (exact) mass is 316 g/mol. The Labute approximate surface area is 137 Å². The van der Waals surface area contributed by atoms with E-state index >= 15 is 0 Å². The molecule has 5 nitrogen and oxygen atoms in total. The Morgan fingerprint density at radius 3 is 2.91 bits per heavy atom. The first-order valence-electron chi connectivity index (χ1n) is 8.83. The summed E-state index contributed by atoms with van der Waals surface area (Å²) in [5, 5.41) is 2.95. The molecule has 1 amide bonds. The molecule has 0 aromatic rings. The van der Waals surface area contributed by atoms with Crippen LogP contribution >= 0.6 is 0 Å². The number of nitrogens with one attached hydrogen (secondary N) is 1. The van der Waals surface area contributed by atoms with Gasteiger partial charge >= 0.3 is 0 Å². The van der Waals surface area contributed by atoms with Crippen molar-refractivity contribution in [2.24, 2.45) is 5.92 Å². The maximum atomic E-state index is 11.6. The van der Waals surface area contributed by atoms with E-state index in [0.717, 1.165) is 39.5 Å². The number of unbranched alkanes of at least 4 members (excludes halogenated alkanes) is 3. The highest BCUT2D eigenvalue weighted by atomic mass is 16.5. The Hall–Kier alpha value is -0.650. The minimum Gasteiger partial charge on any atom is -0.380 e. The predicted molar refractivity (Wildman–Crippen MR) is 91.1 cm³/mol. The Balaban J connectivity index is 0.00000484. The fourth-order valence-corrected chi connectivity index (χ4v) is 2.45. The maximum absolute atomic E-state index is 11.6. The second kappa shape index (κ2) is 11.9. The van der Waals surface area contributed by atoms with Crippen LogP contribution in [0, 0.1) is 5.92 Å².